The Morgan fingerprint density at radius 2 is 1.89 bits per heavy atom. The Labute approximate surface area is 107 Å². The summed E-state index contributed by atoms with van der Waals surface area (Å²) in [7, 11) is 3.56. The number of carbonyl (C=O) groups is 1. The van der Waals surface area contributed by atoms with Crippen molar-refractivity contribution in [2.45, 2.75) is 12.8 Å². The number of aryl methyl sites for hydroxylation is 1. The van der Waals surface area contributed by atoms with Crippen LogP contribution in [-0.4, -0.2) is 24.9 Å². The summed E-state index contributed by atoms with van der Waals surface area (Å²) in [4.78, 5) is 13.1. The summed E-state index contributed by atoms with van der Waals surface area (Å²) in [6.45, 7) is 0. The number of benzene rings is 1. The van der Waals surface area contributed by atoms with Crippen molar-refractivity contribution < 1.29 is 9.21 Å². The van der Waals surface area contributed by atoms with Gasteiger partial charge < -0.3 is 9.32 Å². The van der Waals surface area contributed by atoms with Crippen molar-refractivity contribution in [1.82, 2.24) is 4.90 Å². The van der Waals surface area contributed by atoms with Gasteiger partial charge in [-0.15, -0.1) is 0 Å². The summed E-state index contributed by atoms with van der Waals surface area (Å²) >= 11 is 0. The number of furan rings is 1. The van der Waals surface area contributed by atoms with Gasteiger partial charge in [-0.25, -0.2) is 0 Å². The standard InChI is InChI=1S/C15H17NO2/c1-16(2)15(17)10-7-12-5-8-13(9-6-12)14-4-3-11-18-14/h3-6,8-9,11H,7,10H2,1-2H3. The lowest BCUT2D eigenvalue weighted by atomic mass is 10.1. The Balaban J connectivity index is 1.98. The van der Waals surface area contributed by atoms with E-state index in [1.54, 1.807) is 25.3 Å². The molecule has 3 heteroatoms. The number of hydrogen-bond acceptors (Lipinski definition) is 2. The smallest absolute Gasteiger partial charge is 0.222 e. The van der Waals surface area contributed by atoms with E-state index in [2.05, 4.69) is 0 Å². The van der Waals surface area contributed by atoms with Crippen LogP contribution in [-0.2, 0) is 11.2 Å². The summed E-state index contributed by atoms with van der Waals surface area (Å²) in [5.41, 5.74) is 2.23. The number of hydrogen-bond donors (Lipinski definition) is 0. The molecule has 0 fully saturated rings. The Morgan fingerprint density at radius 3 is 2.44 bits per heavy atom. The molecule has 0 atom stereocenters. The van der Waals surface area contributed by atoms with Gasteiger partial charge in [-0.05, 0) is 24.1 Å². The fourth-order valence-electron chi connectivity index (χ4n) is 1.75. The molecule has 0 bridgehead atoms. The molecule has 1 amide bonds. The SMILES string of the molecule is CN(C)C(=O)CCc1ccc(-c2ccco2)cc1. The summed E-state index contributed by atoms with van der Waals surface area (Å²) in [6.07, 6.45) is 2.99. The van der Waals surface area contributed by atoms with Crippen molar-refractivity contribution in [3.05, 3.63) is 48.2 Å². The normalized spacial score (nSPS) is 10.3. The monoisotopic (exact) mass is 243 g/mol. The second-order valence-electron chi connectivity index (χ2n) is 4.46. The largest absolute Gasteiger partial charge is 0.464 e. The van der Waals surface area contributed by atoms with Crippen LogP contribution in [0.5, 0.6) is 0 Å². The molecular weight excluding hydrogens is 226 g/mol. The molecule has 0 aliphatic rings. The van der Waals surface area contributed by atoms with Crippen LogP contribution in [0.3, 0.4) is 0 Å². The van der Waals surface area contributed by atoms with Crippen LogP contribution >= 0.6 is 0 Å². The van der Waals surface area contributed by atoms with Gasteiger partial charge in [0.1, 0.15) is 5.76 Å². The topological polar surface area (TPSA) is 33.5 Å². The predicted octanol–water partition coefficient (Wildman–Crippen LogP) is 2.97. The maximum Gasteiger partial charge on any atom is 0.222 e. The van der Waals surface area contributed by atoms with Gasteiger partial charge in [-0.1, -0.05) is 24.3 Å². The fourth-order valence-corrected chi connectivity index (χ4v) is 1.75. The molecule has 2 rings (SSSR count). The summed E-state index contributed by atoms with van der Waals surface area (Å²) < 4.78 is 5.33. The third-order valence-corrected chi connectivity index (χ3v) is 2.89. The zero-order valence-electron chi connectivity index (χ0n) is 10.7. The van der Waals surface area contributed by atoms with Crippen LogP contribution in [0.2, 0.25) is 0 Å². The average Bonchev–Trinajstić information content (AvgIpc) is 2.90. The van der Waals surface area contributed by atoms with E-state index < -0.39 is 0 Å². The minimum Gasteiger partial charge on any atom is -0.464 e. The molecule has 0 saturated carbocycles. The molecule has 1 aromatic heterocycles. The summed E-state index contributed by atoms with van der Waals surface area (Å²) in [5.74, 6) is 1.02. The summed E-state index contributed by atoms with van der Waals surface area (Å²) in [6, 6.07) is 11.9. The highest BCUT2D eigenvalue weighted by atomic mass is 16.3. The molecule has 0 aliphatic heterocycles. The predicted molar refractivity (Wildman–Crippen MR) is 71.2 cm³/mol. The Kier molecular flexibility index (Phi) is 3.82. The maximum atomic E-state index is 11.5. The van der Waals surface area contributed by atoms with Gasteiger partial charge in [0.15, 0.2) is 0 Å². The lowest BCUT2D eigenvalue weighted by Gasteiger charge is -2.09. The van der Waals surface area contributed by atoms with Gasteiger partial charge in [0.2, 0.25) is 5.91 Å². The second kappa shape index (κ2) is 5.54. The zero-order valence-corrected chi connectivity index (χ0v) is 10.7. The molecule has 0 aliphatic carbocycles. The molecule has 94 valence electrons. The minimum atomic E-state index is 0.158. The van der Waals surface area contributed by atoms with E-state index in [1.807, 2.05) is 36.4 Å². The van der Waals surface area contributed by atoms with Crippen molar-refractivity contribution in [1.29, 1.82) is 0 Å². The second-order valence-corrected chi connectivity index (χ2v) is 4.46. The van der Waals surface area contributed by atoms with Crippen LogP contribution in [0.1, 0.15) is 12.0 Å². The molecule has 1 heterocycles. The van der Waals surface area contributed by atoms with E-state index in [1.165, 1.54) is 5.56 Å². The molecular formula is C15H17NO2. The van der Waals surface area contributed by atoms with E-state index in [0.717, 1.165) is 17.7 Å². The highest BCUT2D eigenvalue weighted by molar-refractivity contribution is 5.75. The number of rotatable bonds is 4. The molecule has 1 aromatic carbocycles. The maximum absolute atomic E-state index is 11.5. The first-order valence-corrected chi connectivity index (χ1v) is 6.00. The van der Waals surface area contributed by atoms with Gasteiger partial charge >= 0.3 is 0 Å². The van der Waals surface area contributed by atoms with Crippen LogP contribution in [0.4, 0.5) is 0 Å². The quantitative estimate of drug-likeness (QED) is 0.827. The molecule has 0 N–H and O–H groups in total. The lowest BCUT2D eigenvalue weighted by molar-refractivity contribution is -0.128. The van der Waals surface area contributed by atoms with Gasteiger partial charge in [0.05, 0.1) is 6.26 Å². The molecule has 0 radical (unpaired) electrons. The van der Waals surface area contributed by atoms with E-state index in [0.29, 0.717) is 6.42 Å². The Morgan fingerprint density at radius 1 is 1.17 bits per heavy atom. The Hall–Kier alpha value is -2.03. The number of carbonyl (C=O) groups excluding carboxylic acids is 1. The van der Waals surface area contributed by atoms with E-state index in [-0.39, 0.29) is 5.91 Å². The third-order valence-electron chi connectivity index (χ3n) is 2.89. The number of nitrogens with zero attached hydrogens (tertiary/aromatic N) is 1. The van der Waals surface area contributed by atoms with Crippen molar-refractivity contribution in [2.75, 3.05) is 14.1 Å². The lowest BCUT2D eigenvalue weighted by Crippen LogP contribution is -2.21. The molecule has 2 aromatic rings. The third kappa shape index (κ3) is 3.00. The number of amides is 1. The molecule has 18 heavy (non-hydrogen) atoms. The van der Waals surface area contributed by atoms with Gasteiger partial charge in [0, 0.05) is 26.1 Å². The van der Waals surface area contributed by atoms with Gasteiger partial charge in [-0.3, -0.25) is 4.79 Å². The molecule has 0 unspecified atom stereocenters. The summed E-state index contributed by atoms with van der Waals surface area (Å²) in [5, 5.41) is 0. The first-order valence-electron chi connectivity index (χ1n) is 6.00. The first-order chi connectivity index (χ1) is 8.66. The molecule has 3 nitrogen and oxygen atoms in total. The molecule has 0 spiro atoms. The van der Waals surface area contributed by atoms with Crippen LogP contribution in [0, 0.1) is 0 Å². The first kappa shape index (κ1) is 12.4. The van der Waals surface area contributed by atoms with E-state index >= 15 is 0 Å². The van der Waals surface area contributed by atoms with Crippen LogP contribution in [0.15, 0.2) is 47.1 Å². The Bertz CT molecular complexity index is 498. The van der Waals surface area contributed by atoms with Gasteiger partial charge in [-0.2, -0.15) is 0 Å². The van der Waals surface area contributed by atoms with Crippen LogP contribution in [0.25, 0.3) is 11.3 Å². The highest BCUT2D eigenvalue weighted by Crippen LogP contribution is 2.20. The fraction of sp³-hybridized carbons (Fsp3) is 0.267. The van der Waals surface area contributed by atoms with Crippen molar-refractivity contribution in [3.63, 3.8) is 0 Å². The molecule has 0 saturated heterocycles. The van der Waals surface area contributed by atoms with Crippen LogP contribution < -0.4 is 0 Å². The van der Waals surface area contributed by atoms with Crippen molar-refractivity contribution >= 4 is 5.91 Å². The van der Waals surface area contributed by atoms with Crippen molar-refractivity contribution in [2.24, 2.45) is 0 Å². The van der Waals surface area contributed by atoms with Crippen molar-refractivity contribution in [3.8, 4) is 11.3 Å². The van der Waals surface area contributed by atoms with Gasteiger partial charge in [0.25, 0.3) is 0 Å². The minimum absolute atomic E-state index is 0.158. The average molecular weight is 243 g/mol. The highest BCUT2D eigenvalue weighted by Gasteiger charge is 2.05. The zero-order chi connectivity index (χ0) is 13.0. The van der Waals surface area contributed by atoms with E-state index in [4.69, 9.17) is 4.42 Å². The van der Waals surface area contributed by atoms with E-state index in [9.17, 15) is 4.79 Å².